The summed E-state index contributed by atoms with van der Waals surface area (Å²) in [6.45, 7) is 3.85. The van der Waals surface area contributed by atoms with Crippen molar-refractivity contribution in [3.8, 4) is 0 Å². The fourth-order valence-corrected chi connectivity index (χ4v) is 2.65. The highest BCUT2D eigenvalue weighted by Crippen LogP contribution is 2.33. The lowest BCUT2D eigenvalue weighted by Crippen LogP contribution is -2.06. The number of carboxylic acids is 1. The predicted molar refractivity (Wildman–Crippen MR) is 105 cm³/mol. The summed E-state index contributed by atoms with van der Waals surface area (Å²) in [5.74, 6) is -1.01. The standard InChI is InChI=1S/C19H17N5O4/c1-11-3-8-15(12(2)9-11)23-18-16(24(27)28)17(20-10-21-18)22-14-6-4-13(5-7-14)19(25)26/h3-10H,1-2H3,(H,25,26)(H2,20,21,22,23). The van der Waals surface area contributed by atoms with E-state index in [2.05, 4.69) is 20.6 Å². The normalized spacial score (nSPS) is 10.4. The van der Waals surface area contributed by atoms with Gasteiger partial charge in [-0.3, -0.25) is 10.1 Å². The van der Waals surface area contributed by atoms with E-state index in [0.29, 0.717) is 11.4 Å². The number of nitrogens with one attached hydrogen (secondary N) is 2. The number of hydrogen-bond donors (Lipinski definition) is 3. The van der Waals surface area contributed by atoms with Gasteiger partial charge in [0.15, 0.2) is 0 Å². The zero-order valence-corrected chi connectivity index (χ0v) is 15.1. The van der Waals surface area contributed by atoms with E-state index in [1.165, 1.54) is 30.6 Å². The van der Waals surface area contributed by atoms with Gasteiger partial charge in [-0.25, -0.2) is 14.8 Å². The van der Waals surface area contributed by atoms with Crippen LogP contribution in [0.4, 0.5) is 28.7 Å². The second kappa shape index (κ2) is 7.70. The van der Waals surface area contributed by atoms with Gasteiger partial charge in [0, 0.05) is 11.4 Å². The van der Waals surface area contributed by atoms with Gasteiger partial charge < -0.3 is 15.7 Å². The Hall–Kier alpha value is -4.01. The monoisotopic (exact) mass is 379 g/mol. The van der Waals surface area contributed by atoms with Crippen LogP contribution in [-0.2, 0) is 0 Å². The molecule has 1 aromatic heterocycles. The van der Waals surface area contributed by atoms with Crippen molar-refractivity contribution in [2.75, 3.05) is 10.6 Å². The Morgan fingerprint density at radius 3 is 2.25 bits per heavy atom. The largest absolute Gasteiger partial charge is 0.478 e. The van der Waals surface area contributed by atoms with Gasteiger partial charge in [-0.05, 0) is 49.7 Å². The van der Waals surface area contributed by atoms with Gasteiger partial charge in [0.1, 0.15) is 6.33 Å². The molecule has 1 heterocycles. The van der Waals surface area contributed by atoms with Crippen LogP contribution >= 0.6 is 0 Å². The van der Waals surface area contributed by atoms with E-state index in [-0.39, 0.29) is 22.9 Å². The summed E-state index contributed by atoms with van der Waals surface area (Å²) in [6, 6.07) is 11.5. The average Bonchev–Trinajstić information content (AvgIpc) is 2.64. The molecule has 0 aliphatic carbocycles. The van der Waals surface area contributed by atoms with Gasteiger partial charge in [-0.2, -0.15) is 0 Å². The van der Waals surface area contributed by atoms with E-state index in [1.54, 1.807) is 0 Å². The molecule has 142 valence electrons. The second-order valence-corrected chi connectivity index (χ2v) is 6.13. The Bertz CT molecular complexity index is 1050. The van der Waals surface area contributed by atoms with Gasteiger partial charge in [-0.1, -0.05) is 17.7 Å². The minimum atomic E-state index is -1.06. The molecular weight excluding hydrogens is 362 g/mol. The molecule has 3 aromatic rings. The maximum Gasteiger partial charge on any atom is 0.353 e. The third kappa shape index (κ3) is 4.04. The zero-order valence-electron chi connectivity index (χ0n) is 15.1. The molecule has 2 aromatic carbocycles. The van der Waals surface area contributed by atoms with Crippen LogP contribution in [0.3, 0.4) is 0 Å². The molecule has 3 N–H and O–H groups in total. The molecule has 9 heteroatoms. The van der Waals surface area contributed by atoms with E-state index in [4.69, 9.17) is 5.11 Å². The van der Waals surface area contributed by atoms with Crippen molar-refractivity contribution in [1.29, 1.82) is 0 Å². The van der Waals surface area contributed by atoms with Crippen molar-refractivity contribution in [3.63, 3.8) is 0 Å². The molecule has 0 radical (unpaired) electrons. The number of aromatic carboxylic acids is 1. The number of carbonyl (C=O) groups is 1. The first kappa shape index (κ1) is 18.8. The van der Waals surface area contributed by atoms with Crippen LogP contribution in [0.15, 0.2) is 48.8 Å². The number of nitro groups is 1. The third-order valence-electron chi connectivity index (χ3n) is 4.03. The van der Waals surface area contributed by atoms with Gasteiger partial charge in [0.25, 0.3) is 0 Å². The summed E-state index contributed by atoms with van der Waals surface area (Å²) in [6.07, 6.45) is 1.22. The molecule has 0 fully saturated rings. The summed E-state index contributed by atoms with van der Waals surface area (Å²) in [5.41, 5.74) is 2.96. The number of aromatic nitrogens is 2. The van der Waals surface area contributed by atoms with Crippen LogP contribution in [0.2, 0.25) is 0 Å². The van der Waals surface area contributed by atoms with Crippen LogP contribution in [-0.4, -0.2) is 26.0 Å². The molecule has 28 heavy (non-hydrogen) atoms. The molecule has 9 nitrogen and oxygen atoms in total. The van der Waals surface area contributed by atoms with Crippen LogP contribution in [0.5, 0.6) is 0 Å². The summed E-state index contributed by atoms with van der Waals surface area (Å²) < 4.78 is 0. The highest BCUT2D eigenvalue weighted by Gasteiger charge is 2.23. The molecule has 0 bridgehead atoms. The highest BCUT2D eigenvalue weighted by molar-refractivity contribution is 5.88. The van der Waals surface area contributed by atoms with Gasteiger partial charge in [0.05, 0.1) is 10.5 Å². The van der Waals surface area contributed by atoms with Crippen molar-refractivity contribution in [2.45, 2.75) is 13.8 Å². The molecule has 0 unspecified atom stereocenters. The average molecular weight is 379 g/mol. The van der Waals surface area contributed by atoms with E-state index < -0.39 is 10.9 Å². The van der Waals surface area contributed by atoms with E-state index in [9.17, 15) is 14.9 Å². The smallest absolute Gasteiger partial charge is 0.353 e. The first-order valence-electron chi connectivity index (χ1n) is 8.29. The van der Waals surface area contributed by atoms with Crippen molar-refractivity contribution in [3.05, 3.63) is 75.6 Å². The Kier molecular flexibility index (Phi) is 5.16. The summed E-state index contributed by atoms with van der Waals surface area (Å²) in [7, 11) is 0. The van der Waals surface area contributed by atoms with Crippen molar-refractivity contribution in [1.82, 2.24) is 9.97 Å². The molecule has 0 atom stereocenters. The number of rotatable bonds is 6. The van der Waals surface area contributed by atoms with Crippen LogP contribution in [0.25, 0.3) is 0 Å². The Morgan fingerprint density at radius 1 is 1.04 bits per heavy atom. The zero-order chi connectivity index (χ0) is 20.3. The van der Waals surface area contributed by atoms with Crippen molar-refractivity contribution in [2.24, 2.45) is 0 Å². The van der Waals surface area contributed by atoms with Crippen molar-refractivity contribution < 1.29 is 14.8 Å². The first-order valence-corrected chi connectivity index (χ1v) is 8.29. The minimum Gasteiger partial charge on any atom is -0.478 e. The van der Waals surface area contributed by atoms with Crippen LogP contribution in [0.1, 0.15) is 21.5 Å². The fraction of sp³-hybridized carbons (Fsp3) is 0.105. The lowest BCUT2D eigenvalue weighted by Gasteiger charge is -2.12. The number of anilines is 4. The highest BCUT2D eigenvalue weighted by atomic mass is 16.6. The third-order valence-corrected chi connectivity index (χ3v) is 4.03. The number of benzene rings is 2. The fourth-order valence-electron chi connectivity index (χ4n) is 2.65. The molecule has 0 aliphatic heterocycles. The SMILES string of the molecule is Cc1ccc(Nc2ncnc(Nc3ccc(C(=O)O)cc3)c2[N+](=O)[O-])c(C)c1. The molecule has 0 saturated carbocycles. The molecular formula is C19H17N5O4. The van der Waals surface area contributed by atoms with E-state index in [1.807, 2.05) is 32.0 Å². The lowest BCUT2D eigenvalue weighted by atomic mass is 10.1. The quantitative estimate of drug-likeness (QED) is 0.429. The molecule has 0 aliphatic rings. The maximum atomic E-state index is 11.7. The Labute approximate surface area is 160 Å². The van der Waals surface area contributed by atoms with Gasteiger partial charge in [0.2, 0.25) is 11.6 Å². The number of nitrogens with zero attached hydrogens (tertiary/aromatic N) is 3. The molecule has 0 amide bonds. The second-order valence-electron chi connectivity index (χ2n) is 6.13. The van der Waals surface area contributed by atoms with E-state index >= 15 is 0 Å². The van der Waals surface area contributed by atoms with Gasteiger partial charge >= 0.3 is 11.7 Å². The van der Waals surface area contributed by atoms with Crippen LogP contribution in [0, 0.1) is 24.0 Å². The summed E-state index contributed by atoms with van der Waals surface area (Å²) >= 11 is 0. The summed E-state index contributed by atoms with van der Waals surface area (Å²) in [5, 5.41) is 26.5. The first-order chi connectivity index (χ1) is 13.3. The number of aryl methyl sites for hydroxylation is 2. The Morgan fingerprint density at radius 2 is 1.68 bits per heavy atom. The van der Waals surface area contributed by atoms with Crippen molar-refractivity contribution >= 4 is 34.7 Å². The lowest BCUT2D eigenvalue weighted by molar-refractivity contribution is -0.383. The van der Waals surface area contributed by atoms with E-state index in [0.717, 1.165) is 11.1 Å². The van der Waals surface area contributed by atoms with Crippen LogP contribution < -0.4 is 10.6 Å². The minimum absolute atomic E-state index is 0.00432. The topological polar surface area (TPSA) is 130 Å². The number of carboxylic acid groups (broad SMARTS) is 1. The maximum absolute atomic E-state index is 11.7. The molecule has 0 saturated heterocycles. The molecule has 3 rings (SSSR count). The summed E-state index contributed by atoms with van der Waals surface area (Å²) in [4.78, 5) is 30.0. The number of hydrogen-bond acceptors (Lipinski definition) is 7. The van der Waals surface area contributed by atoms with Gasteiger partial charge in [-0.15, -0.1) is 0 Å². The predicted octanol–water partition coefficient (Wildman–Crippen LogP) is 4.19. The molecule has 0 spiro atoms. The Balaban J connectivity index is 1.95.